The fraction of sp³-hybridized carbons (Fsp3) is 0.467. The van der Waals surface area contributed by atoms with E-state index in [0.29, 0.717) is 43.9 Å². The summed E-state index contributed by atoms with van der Waals surface area (Å²) < 4.78 is 5.18. The molecule has 0 aliphatic carbocycles. The molecule has 8 heteroatoms. The van der Waals surface area contributed by atoms with Gasteiger partial charge in [-0.3, -0.25) is 9.59 Å². The molecule has 0 spiro atoms. The first-order chi connectivity index (χ1) is 11.1. The molecule has 0 fully saturated rings. The molecule has 2 aromatic rings. The number of amides is 1. The maximum atomic E-state index is 11.9. The van der Waals surface area contributed by atoms with Crippen molar-refractivity contribution in [2.45, 2.75) is 32.1 Å². The first kappa shape index (κ1) is 17.1. The summed E-state index contributed by atoms with van der Waals surface area (Å²) in [5, 5.41) is 14.4. The molecular formula is C15H19N3O4S. The van der Waals surface area contributed by atoms with Gasteiger partial charge in [-0.15, -0.1) is 11.3 Å². The molecule has 0 saturated carbocycles. The number of carboxylic acid groups (broad SMARTS) is 1. The van der Waals surface area contributed by atoms with Crippen molar-refractivity contribution in [1.29, 1.82) is 0 Å². The predicted octanol–water partition coefficient (Wildman–Crippen LogP) is 2.44. The number of aromatic nitrogens is 2. The third kappa shape index (κ3) is 5.48. The Kier molecular flexibility index (Phi) is 6.28. The Bertz CT molecular complexity index is 639. The van der Waals surface area contributed by atoms with Crippen molar-refractivity contribution in [3.05, 3.63) is 23.4 Å². The van der Waals surface area contributed by atoms with Gasteiger partial charge >= 0.3 is 5.97 Å². The average Bonchev–Trinajstić information content (AvgIpc) is 3.17. The Morgan fingerprint density at radius 2 is 2.17 bits per heavy atom. The van der Waals surface area contributed by atoms with Gasteiger partial charge in [-0.05, 0) is 24.3 Å². The van der Waals surface area contributed by atoms with Gasteiger partial charge in [0.25, 0.3) is 0 Å². The maximum absolute atomic E-state index is 11.9. The van der Waals surface area contributed by atoms with Crippen LogP contribution in [0.4, 0.5) is 0 Å². The van der Waals surface area contributed by atoms with E-state index in [4.69, 9.17) is 9.63 Å². The number of carboxylic acids is 1. The maximum Gasteiger partial charge on any atom is 0.303 e. The largest absolute Gasteiger partial charge is 0.481 e. The van der Waals surface area contributed by atoms with Crippen molar-refractivity contribution in [2.24, 2.45) is 0 Å². The summed E-state index contributed by atoms with van der Waals surface area (Å²) in [5.41, 5.74) is 0. The standard InChI is InChI=1S/C15H19N3O4S/c1-18(9-3-8-14(20)21)13(19)7-2-6-12-16-15(17-22-12)11-5-4-10-23-11/h4-5,10H,2-3,6-9H2,1H3,(H,20,21). The molecule has 0 radical (unpaired) electrons. The zero-order chi connectivity index (χ0) is 16.7. The molecule has 0 aliphatic heterocycles. The quantitative estimate of drug-likeness (QED) is 0.755. The summed E-state index contributed by atoms with van der Waals surface area (Å²) in [7, 11) is 1.69. The lowest BCUT2D eigenvalue weighted by atomic mass is 10.2. The minimum atomic E-state index is -0.844. The molecule has 2 heterocycles. The van der Waals surface area contributed by atoms with Crippen LogP contribution in [0.5, 0.6) is 0 Å². The van der Waals surface area contributed by atoms with Crippen LogP contribution in [0, 0.1) is 0 Å². The molecule has 23 heavy (non-hydrogen) atoms. The normalized spacial score (nSPS) is 10.7. The minimum absolute atomic E-state index is 0.00613. The molecule has 0 atom stereocenters. The van der Waals surface area contributed by atoms with Crippen LogP contribution in [0.1, 0.15) is 31.6 Å². The Morgan fingerprint density at radius 3 is 2.87 bits per heavy atom. The number of thiophene rings is 1. The Morgan fingerprint density at radius 1 is 1.35 bits per heavy atom. The highest BCUT2D eigenvalue weighted by atomic mass is 32.1. The minimum Gasteiger partial charge on any atom is -0.481 e. The number of carbonyl (C=O) groups excluding carboxylic acids is 1. The third-order valence-corrected chi connectivity index (χ3v) is 4.17. The van der Waals surface area contributed by atoms with E-state index in [2.05, 4.69) is 10.1 Å². The predicted molar refractivity (Wildman–Crippen MR) is 85.1 cm³/mol. The number of hydrogen-bond acceptors (Lipinski definition) is 6. The highest BCUT2D eigenvalue weighted by Crippen LogP contribution is 2.21. The molecule has 0 aromatic carbocycles. The van der Waals surface area contributed by atoms with Crippen LogP contribution in [-0.4, -0.2) is 45.6 Å². The van der Waals surface area contributed by atoms with E-state index in [-0.39, 0.29) is 12.3 Å². The number of aryl methyl sites for hydroxylation is 1. The van der Waals surface area contributed by atoms with E-state index in [9.17, 15) is 9.59 Å². The molecule has 0 bridgehead atoms. The summed E-state index contributed by atoms with van der Waals surface area (Å²) in [6, 6.07) is 3.85. The topological polar surface area (TPSA) is 96.5 Å². The first-order valence-electron chi connectivity index (χ1n) is 7.38. The number of carbonyl (C=O) groups is 2. The summed E-state index contributed by atoms with van der Waals surface area (Å²) in [6.07, 6.45) is 2.08. The number of hydrogen-bond donors (Lipinski definition) is 1. The molecule has 2 aromatic heterocycles. The molecule has 0 unspecified atom stereocenters. The summed E-state index contributed by atoms with van der Waals surface area (Å²) >= 11 is 1.54. The number of aliphatic carboxylic acids is 1. The molecule has 0 aliphatic rings. The van der Waals surface area contributed by atoms with Crippen LogP contribution in [0.3, 0.4) is 0 Å². The third-order valence-electron chi connectivity index (χ3n) is 3.30. The van der Waals surface area contributed by atoms with Crippen LogP contribution in [-0.2, 0) is 16.0 Å². The molecule has 0 saturated heterocycles. The average molecular weight is 337 g/mol. The van der Waals surface area contributed by atoms with E-state index >= 15 is 0 Å². The lowest BCUT2D eigenvalue weighted by Crippen LogP contribution is -2.27. The van der Waals surface area contributed by atoms with E-state index in [1.807, 2.05) is 17.5 Å². The van der Waals surface area contributed by atoms with Gasteiger partial charge in [0.15, 0.2) is 0 Å². The Labute approximate surface area is 137 Å². The van der Waals surface area contributed by atoms with E-state index in [1.54, 1.807) is 23.3 Å². The second-order valence-electron chi connectivity index (χ2n) is 5.16. The van der Waals surface area contributed by atoms with Crippen LogP contribution < -0.4 is 0 Å². The Hall–Kier alpha value is -2.22. The lowest BCUT2D eigenvalue weighted by Gasteiger charge is -2.16. The molecule has 124 valence electrons. The van der Waals surface area contributed by atoms with Crippen LogP contribution >= 0.6 is 11.3 Å². The number of rotatable bonds is 9. The van der Waals surface area contributed by atoms with Gasteiger partial charge < -0.3 is 14.5 Å². The zero-order valence-electron chi connectivity index (χ0n) is 12.9. The summed E-state index contributed by atoms with van der Waals surface area (Å²) in [6.45, 7) is 0.453. The van der Waals surface area contributed by atoms with Gasteiger partial charge in [0, 0.05) is 32.9 Å². The molecule has 1 N–H and O–H groups in total. The van der Waals surface area contributed by atoms with Gasteiger partial charge in [0.1, 0.15) is 0 Å². The summed E-state index contributed by atoms with van der Waals surface area (Å²) in [4.78, 5) is 29.2. The van der Waals surface area contributed by atoms with Gasteiger partial charge in [0.2, 0.25) is 17.6 Å². The van der Waals surface area contributed by atoms with Crippen LogP contribution in [0.15, 0.2) is 22.0 Å². The van der Waals surface area contributed by atoms with E-state index in [0.717, 1.165) is 4.88 Å². The van der Waals surface area contributed by atoms with Crippen molar-refractivity contribution in [2.75, 3.05) is 13.6 Å². The summed E-state index contributed by atoms with van der Waals surface area (Å²) in [5.74, 6) is 0.249. The van der Waals surface area contributed by atoms with Crippen molar-refractivity contribution in [3.8, 4) is 10.7 Å². The van der Waals surface area contributed by atoms with E-state index in [1.165, 1.54) is 0 Å². The molecule has 7 nitrogen and oxygen atoms in total. The van der Waals surface area contributed by atoms with E-state index < -0.39 is 5.97 Å². The molecule has 2 rings (SSSR count). The fourth-order valence-electron chi connectivity index (χ4n) is 2.04. The van der Waals surface area contributed by atoms with Crippen molar-refractivity contribution < 1.29 is 19.2 Å². The van der Waals surface area contributed by atoms with Crippen LogP contribution in [0.25, 0.3) is 10.7 Å². The van der Waals surface area contributed by atoms with Crippen LogP contribution in [0.2, 0.25) is 0 Å². The highest BCUT2D eigenvalue weighted by molar-refractivity contribution is 7.13. The highest BCUT2D eigenvalue weighted by Gasteiger charge is 2.12. The first-order valence-corrected chi connectivity index (χ1v) is 8.26. The monoisotopic (exact) mass is 337 g/mol. The lowest BCUT2D eigenvalue weighted by molar-refractivity contribution is -0.138. The second-order valence-corrected chi connectivity index (χ2v) is 6.10. The van der Waals surface area contributed by atoms with Crippen molar-refractivity contribution >= 4 is 23.2 Å². The Balaban J connectivity index is 1.70. The van der Waals surface area contributed by atoms with Crippen molar-refractivity contribution in [1.82, 2.24) is 15.0 Å². The molecule has 1 amide bonds. The molecular weight excluding hydrogens is 318 g/mol. The second kappa shape index (κ2) is 8.42. The van der Waals surface area contributed by atoms with Gasteiger partial charge in [-0.1, -0.05) is 11.2 Å². The van der Waals surface area contributed by atoms with Gasteiger partial charge in [0.05, 0.1) is 4.88 Å². The zero-order valence-corrected chi connectivity index (χ0v) is 13.7. The smallest absolute Gasteiger partial charge is 0.303 e. The van der Waals surface area contributed by atoms with Crippen molar-refractivity contribution in [3.63, 3.8) is 0 Å². The van der Waals surface area contributed by atoms with Gasteiger partial charge in [-0.25, -0.2) is 0 Å². The number of nitrogens with zero attached hydrogens (tertiary/aromatic N) is 3. The SMILES string of the molecule is CN(CCCC(=O)O)C(=O)CCCc1nc(-c2cccs2)no1. The van der Waals surface area contributed by atoms with Gasteiger partial charge in [-0.2, -0.15) is 4.98 Å². The fourth-order valence-corrected chi connectivity index (χ4v) is 2.69.